The molecule has 1 aromatic carbocycles. The van der Waals surface area contributed by atoms with Crippen molar-refractivity contribution < 1.29 is 9.31 Å². The number of benzene rings is 1. The summed E-state index contributed by atoms with van der Waals surface area (Å²) in [6, 6.07) is 3.65. The fraction of sp³-hybridized carbons (Fsp3) is 0.538. The van der Waals surface area contributed by atoms with Gasteiger partial charge in [-0.15, -0.1) is 0 Å². The molecule has 98 valence electrons. The molecular formula is C13H17FN2O2. The van der Waals surface area contributed by atoms with Gasteiger partial charge in [0.2, 0.25) is 0 Å². The second-order valence-corrected chi connectivity index (χ2v) is 4.99. The van der Waals surface area contributed by atoms with Gasteiger partial charge in [0.25, 0.3) is 5.69 Å². The number of nitro benzene ring substituents is 1. The molecule has 0 aromatic heterocycles. The number of halogens is 1. The van der Waals surface area contributed by atoms with Gasteiger partial charge in [-0.25, -0.2) is 4.39 Å². The Balaban J connectivity index is 2.10. The first-order valence-electron chi connectivity index (χ1n) is 6.25. The van der Waals surface area contributed by atoms with E-state index in [1.165, 1.54) is 25.0 Å². The molecule has 4 nitrogen and oxygen atoms in total. The summed E-state index contributed by atoms with van der Waals surface area (Å²) in [5, 5.41) is 10.7. The van der Waals surface area contributed by atoms with Gasteiger partial charge in [-0.1, -0.05) is 12.8 Å². The second-order valence-electron chi connectivity index (χ2n) is 4.99. The van der Waals surface area contributed by atoms with Crippen LogP contribution in [0.3, 0.4) is 0 Å². The molecule has 2 N–H and O–H groups in total. The van der Waals surface area contributed by atoms with Crippen molar-refractivity contribution in [3.05, 3.63) is 39.7 Å². The summed E-state index contributed by atoms with van der Waals surface area (Å²) in [5.41, 5.74) is 6.50. The summed E-state index contributed by atoms with van der Waals surface area (Å²) in [6.07, 6.45) is 5.11. The van der Waals surface area contributed by atoms with Crippen molar-refractivity contribution >= 4 is 5.69 Å². The minimum absolute atomic E-state index is 0.0334. The van der Waals surface area contributed by atoms with Crippen molar-refractivity contribution in [2.75, 3.05) is 0 Å². The lowest BCUT2D eigenvalue weighted by molar-refractivity contribution is -0.385. The van der Waals surface area contributed by atoms with E-state index in [0.29, 0.717) is 17.9 Å². The quantitative estimate of drug-likeness (QED) is 0.661. The zero-order valence-electron chi connectivity index (χ0n) is 10.1. The summed E-state index contributed by atoms with van der Waals surface area (Å²) in [6.45, 7) is 0. The van der Waals surface area contributed by atoms with E-state index in [-0.39, 0.29) is 11.7 Å². The van der Waals surface area contributed by atoms with Crippen LogP contribution in [0.1, 0.15) is 31.2 Å². The molecule has 0 bridgehead atoms. The topological polar surface area (TPSA) is 69.2 Å². The maximum Gasteiger partial charge on any atom is 0.272 e. The molecule has 0 heterocycles. The summed E-state index contributed by atoms with van der Waals surface area (Å²) >= 11 is 0. The fourth-order valence-corrected chi connectivity index (χ4v) is 2.68. The van der Waals surface area contributed by atoms with Crippen LogP contribution in [-0.2, 0) is 6.42 Å². The number of nitro groups is 1. The van der Waals surface area contributed by atoms with E-state index in [2.05, 4.69) is 0 Å². The molecule has 18 heavy (non-hydrogen) atoms. The molecule has 1 aliphatic carbocycles. The lowest BCUT2D eigenvalue weighted by Crippen LogP contribution is -2.30. The minimum atomic E-state index is -0.576. The number of nitrogens with zero attached hydrogens (tertiary/aromatic N) is 1. The molecule has 0 aliphatic heterocycles. The van der Waals surface area contributed by atoms with Gasteiger partial charge < -0.3 is 5.73 Å². The standard InChI is InChI=1S/C13H17FN2O2/c14-11-5-9(6-12(8-11)16(17)18)7-13(15)10-3-1-2-4-10/h5-6,8,10,13H,1-4,7,15H2. The monoisotopic (exact) mass is 252 g/mol. The number of hydrogen-bond acceptors (Lipinski definition) is 3. The van der Waals surface area contributed by atoms with Crippen LogP contribution < -0.4 is 5.73 Å². The van der Waals surface area contributed by atoms with Gasteiger partial charge in [0, 0.05) is 12.1 Å². The summed E-state index contributed by atoms with van der Waals surface area (Å²) in [7, 11) is 0. The predicted octanol–water partition coefficient (Wildman–Crippen LogP) is 2.79. The molecule has 0 amide bonds. The number of hydrogen-bond donors (Lipinski definition) is 1. The summed E-state index contributed by atoms with van der Waals surface area (Å²) in [5.74, 6) is -0.106. The smallest absolute Gasteiger partial charge is 0.272 e. The van der Waals surface area contributed by atoms with E-state index in [0.717, 1.165) is 18.9 Å². The van der Waals surface area contributed by atoms with Gasteiger partial charge in [0.1, 0.15) is 5.82 Å². The summed E-state index contributed by atoms with van der Waals surface area (Å²) in [4.78, 5) is 10.1. The Labute approximate surface area is 105 Å². The molecule has 0 spiro atoms. The van der Waals surface area contributed by atoms with Gasteiger partial charge in [0.15, 0.2) is 0 Å². The lowest BCUT2D eigenvalue weighted by atomic mass is 9.93. The van der Waals surface area contributed by atoms with Crippen LogP contribution in [0.15, 0.2) is 18.2 Å². The third-order valence-electron chi connectivity index (χ3n) is 3.63. The molecule has 1 fully saturated rings. The molecule has 1 unspecified atom stereocenters. The third-order valence-corrected chi connectivity index (χ3v) is 3.63. The zero-order valence-corrected chi connectivity index (χ0v) is 10.1. The molecule has 1 aromatic rings. The Hall–Kier alpha value is -1.49. The SMILES string of the molecule is NC(Cc1cc(F)cc([N+](=O)[O-])c1)C1CCCC1. The van der Waals surface area contributed by atoms with E-state index in [1.54, 1.807) is 0 Å². The minimum Gasteiger partial charge on any atom is -0.327 e. The average molecular weight is 252 g/mol. The zero-order chi connectivity index (χ0) is 13.1. The van der Waals surface area contributed by atoms with Gasteiger partial charge in [-0.3, -0.25) is 10.1 Å². The van der Waals surface area contributed by atoms with Crippen molar-refractivity contribution in [1.29, 1.82) is 0 Å². The van der Waals surface area contributed by atoms with Crippen molar-refractivity contribution in [2.24, 2.45) is 11.7 Å². The van der Waals surface area contributed by atoms with E-state index < -0.39 is 10.7 Å². The Morgan fingerprint density at radius 1 is 1.39 bits per heavy atom. The molecule has 0 radical (unpaired) electrons. The van der Waals surface area contributed by atoms with Crippen LogP contribution >= 0.6 is 0 Å². The Morgan fingerprint density at radius 3 is 2.67 bits per heavy atom. The highest BCUT2D eigenvalue weighted by Gasteiger charge is 2.22. The molecule has 1 saturated carbocycles. The van der Waals surface area contributed by atoms with E-state index in [1.807, 2.05) is 0 Å². The van der Waals surface area contributed by atoms with Crippen molar-refractivity contribution in [2.45, 2.75) is 38.1 Å². The molecule has 1 aliphatic rings. The van der Waals surface area contributed by atoms with Crippen LogP contribution in [0.5, 0.6) is 0 Å². The Kier molecular flexibility index (Phi) is 3.91. The first kappa shape index (κ1) is 13.0. The Bertz CT molecular complexity index is 445. The first-order chi connectivity index (χ1) is 8.56. The molecule has 5 heteroatoms. The highest BCUT2D eigenvalue weighted by molar-refractivity contribution is 5.35. The van der Waals surface area contributed by atoms with Gasteiger partial charge in [-0.05, 0) is 36.8 Å². The van der Waals surface area contributed by atoms with Crippen molar-refractivity contribution in [1.82, 2.24) is 0 Å². The number of nitrogens with two attached hydrogens (primary N) is 1. The average Bonchev–Trinajstić information content (AvgIpc) is 2.81. The number of rotatable bonds is 4. The summed E-state index contributed by atoms with van der Waals surface area (Å²) < 4.78 is 13.3. The van der Waals surface area contributed by atoms with Crippen molar-refractivity contribution in [3.63, 3.8) is 0 Å². The van der Waals surface area contributed by atoms with Gasteiger partial charge >= 0.3 is 0 Å². The van der Waals surface area contributed by atoms with E-state index in [9.17, 15) is 14.5 Å². The van der Waals surface area contributed by atoms with E-state index in [4.69, 9.17) is 5.73 Å². The predicted molar refractivity (Wildman–Crippen MR) is 66.7 cm³/mol. The van der Waals surface area contributed by atoms with Crippen molar-refractivity contribution in [3.8, 4) is 0 Å². The maximum absolute atomic E-state index is 13.3. The lowest BCUT2D eigenvalue weighted by Gasteiger charge is -2.18. The number of non-ortho nitro benzene ring substituents is 1. The highest BCUT2D eigenvalue weighted by Crippen LogP contribution is 2.28. The van der Waals surface area contributed by atoms with Gasteiger partial charge in [0.05, 0.1) is 11.0 Å². The maximum atomic E-state index is 13.3. The van der Waals surface area contributed by atoms with E-state index >= 15 is 0 Å². The molecular weight excluding hydrogens is 235 g/mol. The van der Waals surface area contributed by atoms with Crippen LogP contribution in [-0.4, -0.2) is 11.0 Å². The highest BCUT2D eigenvalue weighted by atomic mass is 19.1. The van der Waals surface area contributed by atoms with Gasteiger partial charge in [-0.2, -0.15) is 0 Å². The Morgan fingerprint density at radius 2 is 2.06 bits per heavy atom. The van der Waals surface area contributed by atoms with Crippen LogP contribution in [0.2, 0.25) is 0 Å². The first-order valence-corrected chi connectivity index (χ1v) is 6.25. The van der Waals surface area contributed by atoms with Crippen LogP contribution in [0.25, 0.3) is 0 Å². The van der Waals surface area contributed by atoms with Crippen LogP contribution in [0, 0.1) is 21.8 Å². The third kappa shape index (κ3) is 3.04. The fourth-order valence-electron chi connectivity index (χ4n) is 2.68. The largest absolute Gasteiger partial charge is 0.327 e. The molecule has 0 saturated heterocycles. The van der Waals surface area contributed by atoms with Crippen LogP contribution in [0.4, 0.5) is 10.1 Å². The molecule has 1 atom stereocenters. The second kappa shape index (κ2) is 5.44. The molecule has 2 rings (SSSR count). The normalized spacial score (nSPS) is 17.9.